The van der Waals surface area contributed by atoms with Crippen molar-refractivity contribution in [2.45, 2.75) is 13.2 Å². The van der Waals surface area contributed by atoms with E-state index in [-0.39, 0.29) is 0 Å². The van der Waals surface area contributed by atoms with Crippen LogP contribution in [0.3, 0.4) is 0 Å². The minimum Gasteiger partial charge on any atom is -0.489 e. The summed E-state index contributed by atoms with van der Waals surface area (Å²) in [6.45, 7) is 4.39. The smallest absolute Gasteiger partial charge is 0.119 e. The third-order valence-electron chi connectivity index (χ3n) is 5.07. The summed E-state index contributed by atoms with van der Waals surface area (Å²) in [5.41, 5.74) is 4.19. The Bertz CT molecular complexity index is 973. The minimum absolute atomic E-state index is 0.450. The maximum Gasteiger partial charge on any atom is 0.119 e. The van der Waals surface area contributed by atoms with Crippen LogP contribution in [0.1, 0.15) is 11.1 Å². The van der Waals surface area contributed by atoms with Gasteiger partial charge in [0.25, 0.3) is 0 Å². The Balaban J connectivity index is 1.30. The Labute approximate surface area is 187 Å². The van der Waals surface area contributed by atoms with Crippen molar-refractivity contribution in [3.8, 4) is 5.75 Å². The molecule has 1 fully saturated rings. The van der Waals surface area contributed by atoms with Gasteiger partial charge >= 0.3 is 0 Å². The van der Waals surface area contributed by atoms with E-state index in [4.69, 9.17) is 32.7 Å². The summed E-state index contributed by atoms with van der Waals surface area (Å²) in [4.78, 5) is 2.26. The van der Waals surface area contributed by atoms with Gasteiger partial charge in [0.1, 0.15) is 12.4 Å². The van der Waals surface area contributed by atoms with E-state index in [1.54, 1.807) is 0 Å². The van der Waals surface area contributed by atoms with E-state index >= 15 is 0 Å². The zero-order valence-corrected chi connectivity index (χ0v) is 18.1. The summed E-state index contributed by atoms with van der Waals surface area (Å²) in [7, 11) is 0. The minimum atomic E-state index is 0.450. The highest BCUT2D eigenvalue weighted by Crippen LogP contribution is 2.29. The van der Waals surface area contributed by atoms with Crippen LogP contribution in [-0.2, 0) is 17.9 Å². The van der Waals surface area contributed by atoms with Crippen LogP contribution in [0.25, 0.3) is 0 Å². The lowest BCUT2D eigenvalue weighted by Gasteiger charge is -2.29. The first-order valence-corrected chi connectivity index (χ1v) is 10.8. The predicted molar refractivity (Wildman–Crippen MR) is 124 cm³/mol. The highest BCUT2D eigenvalue weighted by molar-refractivity contribution is 6.33. The molecule has 4 rings (SSSR count). The summed E-state index contributed by atoms with van der Waals surface area (Å²) >= 11 is 12.7. The monoisotopic (exact) mass is 442 g/mol. The summed E-state index contributed by atoms with van der Waals surface area (Å²) in [5, 5.41) is 4.90. The van der Waals surface area contributed by atoms with Gasteiger partial charge in [0, 0.05) is 35.9 Å². The number of nitrogens with zero attached hydrogens (tertiary/aromatic N) is 1. The fourth-order valence-corrected chi connectivity index (χ4v) is 3.85. The molecular formula is C24H24Cl2N2O2. The molecule has 0 radical (unpaired) electrons. The number of morpholine rings is 1. The van der Waals surface area contributed by atoms with Gasteiger partial charge in [0.05, 0.1) is 23.9 Å². The number of ether oxygens (including phenoxy) is 2. The number of benzene rings is 3. The molecule has 156 valence electrons. The van der Waals surface area contributed by atoms with E-state index in [9.17, 15) is 0 Å². The third-order valence-corrected chi connectivity index (χ3v) is 5.74. The lowest BCUT2D eigenvalue weighted by Crippen LogP contribution is -2.36. The van der Waals surface area contributed by atoms with E-state index in [0.717, 1.165) is 64.6 Å². The number of hydrogen-bond acceptors (Lipinski definition) is 4. The Morgan fingerprint density at radius 2 is 1.67 bits per heavy atom. The number of anilines is 2. The number of nitrogens with one attached hydrogen (secondary N) is 1. The van der Waals surface area contributed by atoms with E-state index in [2.05, 4.69) is 34.5 Å². The normalized spacial score (nSPS) is 13.9. The second-order valence-electron chi connectivity index (χ2n) is 7.14. The summed E-state index contributed by atoms with van der Waals surface area (Å²) in [5.74, 6) is 0.816. The van der Waals surface area contributed by atoms with Crippen LogP contribution < -0.4 is 15.0 Å². The molecule has 0 amide bonds. The van der Waals surface area contributed by atoms with Crippen LogP contribution in [0.15, 0.2) is 66.7 Å². The molecular weight excluding hydrogens is 419 g/mol. The average Bonchev–Trinajstić information content (AvgIpc) is 2.78. The topological polar surface area (TPSA) is 33.7 Å². The Morgan fingerprint density at radius 3 is 2.40 bits per heavy atom. The molecule has 0 saturated carbocycles. The van der Waals surface area contributed by atoms with E-state index in [0.29, 0.717) is 13.2 Å². The predicted octanol–water partition coefficient (Wildman–Crippen LogP) is 6.02. The van der Waals surface area contributed by atoms with Crippen LogP contribution in [0.4, 0.5) is 11.4 Å². The number of rotatable bonds is 7. The molecule has 0 aliphatic carbocycles. The van der Waals surface area contributed by atoms with Crippen molar-refractivity contribution in [1.29, 1.82) is 0 Å². The van der Waals surface area contributed by atoms with Crippen LogP contribution in [0.2, 0.25) is 10.0 Å². The lowest BCUT2D eigenvalue weighted by molar-refractivity contribution is 0.122. The van der Waals surface area contributed by atoms with Crippen molar-refractivity contribution < 1.29 is 9.47 Å². The van der Waals surface area contributed by atoms with Crippen molar-refractivity contribution in [2.24, 2.45) is 0 Å². The van der Waals surface area contributed by atoms with Crippen LogP contribution in [0.5, 0.6) is 5.75 Å². The Hall–Kier alpha value is -2.40. The molecule has 0 bridgehead atoms. The largest absolute Gasteiger partial charge is 0.489 e. The van der Waals surface area contributed by atoms with Crippen LogP contribution >= 0.6 is 23.2 Å². The van der Waals surface area contributed by atoms with Gasteiger partial charge in [-0.15, -0.1) is 0 Å². The van der Waals surface area contributed by atoms with Gasteiger partial charge in [-0.1, -0.05) is 53.5 Å². The van der Waals surface area contributed by atoms with Gasteiger partial charge < -0.3 is 19.7 Å². The Kier molecular flexibility index (Phi) is 7.00. The van der Waals surface area contributed by atoms with Gasteiger partial charge in [0.15, 0.2) is 0 Å². The van der Waals surface area contributed by atoms with Gasteiger partial charge in [-0.3, -0.25) is 0 Å². The first kappa shape index (κ1) is 20.9. The molecule has 6 heteroatoms. The molecule has 4 nitrogen and oxygen atoms in total. The fourth-order valence-electron chi connectivity index (χ4n) is 3.36. The second kappa shape index (κ2) is 10.1. The quantitative estimate of drug-likeness (QED) is 0.484. The van der Waals surface area contributed by atoms with Gasteiger partial charge in [-0.25, -0.2) is 0 Å². The zero-order valence-electron chi connectivity index (χ0n) is 16.6. The molecule has 3 aromatic carbocycles. The highest BCUT2D eigenvalue weighted by atomic mass is 35.5. The molecule has 1 heterocycles. The standard InChI is InChI=1S/C24H24Cl2N2O2/c25-22-4-2-1-3-19(22)17-30-21-8-5-18(6-9-21)16-27-20-7-10-24(23(26)15-20)28-11-13-29-14-12-28/h1-10,15,27H,11-14,16-17H2. The van der Waals surface area contributed by atoms with Crippen molar-refractivity contribution in [2.75, 3.05) is 36.5 Å². The van der Waals surface area contributed by atoms with E-state index < -0.39 is 0 Å². The molecule has 1 N–H and O–H groups in total. The van der Waals surface area contributed by atoms with Crippen molar-refractivity contribution in [3.05, 3.63) is 87.9 Å². The van der Waals surface area contributed by atoms with Gasteiger partial charge in [-0.05, 0) is 42.0 Å². The Morgan fingerprint density at radius 1 is 0.900 bits per heavy atom. The van der Waals surface area contributed by atoms with Crippen molar-refractivity contribution >= 4 is 34.6 Å². The number of hydrogen-bond donors (Lipinski definition) is 1. The zero-order chi connectivity index (χ0) is 20.8. The maximum absolute atomic E-state index is 6.51. The molecule has 1 aliphatic heterocycles. The lowest BCUT2D eigenvalue weighted by atomic mass is 10.2. The van der Waals surface area contributed by atoms with E-state index in [1.807, 2.05) is 42.5 Å². The molecule has 0 atom stereocenters. The maximum atomic E-state index is 6.51. The summed E-state index contributed by atoms with van der Waals surface area (Å²) < 4.78 is 11.3. The molecule has 30 heavy (non-hydrogen) atoms. The summed E-state index contributed by atoms with van der Waals surface area (Å²) in [6.07, 6.45) is 0. The molecule has 0 unspecified atom stereocenters. The van der Waals surface area contributed by atoms with Crippen molar-refractivity contribution in [1.82, 2.24) is 0 Å². The molecule has 3 aromatic rings. The van der Waals surface area contributed by atoms with E-state index in [1.165, 1.54) is 0 Å². The molecule has 1 aliphatic rings. The first-order chi connectivity index (χ1) is 14.7. The highest BCUT2D eigenvalue weighted by Gasteiger charge is 2.14. The van der Waals surface area contributed by atoms with Crippen LogP contribution in [-0.4, -0.2) is 26.3 Å². The third kappa shape index (κ3) is 5.39. The second-order valence-corrected chi connectivity index (χ2v) is 7.96. The van der Waals surface area contributed by atoms with Gasteiger partial charge in [0.2, 0.25) is 0 Å². The molecule has 0 aromatic heterocycles. The van der Waals surface area contributed by atoms with Gasteiger partial charge in [-0.2, -0.15) is 0 Å². The molecule has 0 spiro atoms. The SMILES string of the molecule is Clc1ccccc1COc1ccc(CNc2ccc(N3CCOCC3)c(Cl)c2)cc1. The summed E-state index contributed by atoms with van der Waals surface area (Å²) in [6, 6.07) is 21.9. The fraction of sp³-hybridized carbons (Fsp3) is 0.250. The van der Waals surface area contributed by atoms with Crippen LogP contribution in [0, 0.1) is 0 Å². The average molecular weight is 443 g/mol. The molecule has 1 saturated heterocycles. The van der Waals surface area contributed by atoms with Crippen molar-refractivity contribution in [3.63, 3.8) is 0 Å². The number of halogens is 2. The first-order valence-electron chi connectivity index (χ1n) is 10.0.